The second-order valence-electron chi connectivity index (χ2n) is 14.3. The molecule has 4 aliphatic rings. The maximum atomic E-state index is 15.9. The van der Waals surface area contributed by atoms with E-state index in [-0.39, 0.29) is 75.4 Å². The first kappa shape index (κ1) is 36.0. The number of ether oxygens (including phenoxy) is 2. The number of para-hydroxylation sites is 1. The number of amides is 1. The van der Waals surface area contributed by atoms with Crippen molar-refractivity contribution in [3.05, 3.63) is 64.6 Å². The molecule has 3 saturated heterocycles. The van der Waals surface area contributed by atoms with Gasteiger partial charge in [0.1, 0.15) is 17.7 Å². The van der Waals surface area contributed by atoms with Gasteiger partial charge >= 0.3 is 5.97 Å². The number of ketones is 1. The maximum Gasteiger partial charge on any atom is 0.308 e. The van der Waals surface area contributed by atoms with E-state index in [1.807, 2.05) is 9.80 Å². The summed E-state index contributed by atoms with van der Waals surface area (Å²) >= 11 is 6.62. The minimum Gasteiger partial charge on any atom is -0.466 e. The Morgan fingerprint density at radius 1 is 1.02 bits per heavy atom. The third-order valence-electron chi connectivity index (χ3n) is 10.9. The molecule has 7 rings (SSSR count). The molecule has 51 heavy (non-hydrogen) atoms. The monoisotopic (exact) mass is 743 g/mol. The molecule has 1 unspecified atom stereocenters. The van der Waals surface area contributed by atoms with Crippen LogP contribution in [0.1, 0.15) is 61.4 Å². The Hall–Kier alpha value is -3.36. The summed E-state index contributed by atoms with van der Waals surface area (Å²) in [6.45, 7) is 3.99. The molecule has 2 aromatic carbocycles. The van der Waals surface area contributed by atoms with Crippen LogP contribution in [0.15, 0.2) is 47.1 Å². The largest absolute Gasteiger partial charge is 0.466 e. The lowest BCUT2D eigenvalue weighted by atomic mass is 9.87. The van der Waals surface area contributed by atoms with Gasteiger partial charge in [0.05, 0.1) is 46.4 Å². The predicted octanol–water partition coefficient (Wildman–Crippen LogP) is 5.45. The number of fused-ring (bicyclic) bond motifs is 2. The van der Waals surface area contributed by atoms with Gasteiger partial charge in [-0.05, 0) is 81.0 Å². The van der Waals surface area contributed by atoms with Gasteiger partial charge in [-0.1, -0.05) is 29.8 Å². The second kappa shape index (κ2) is 14.6. The first-order valence-corrected chi connectivity index (χ1v) is 20.0. The van der Waals surface area contributed by atoms with Crippen LogP contribution >= 0.6 is 11.6 Å². The minimum atomic E-state index is -3.17. The number of sulfone groups is 1. The fourth-order valence-corrected chi connectivity index (χ4v) is 10.9. The molecule has 1 saturated carbocycles. The summed E-state index contributed by atoms with van der Waals surface area (Å²) < 4.78 is 58.7. The summed E-state index contributed by atoms with van der Waals surface area (Å²) in [5.74, 6) is -3.75. The number of nitrogens with zero attached hydrogens (tertiary/aromatic N) is 2. The molecule has 1 amide bonds. The van der Waals surface area contributed by atoms with Gasteiger partial charge in [-0.25, -0.2) is 12.8 Å². The molecule has 0 radical (unpaired) electrons. The lowest BCUT2D eigenvalue weighted by Gasteiger charge is -2.49. The van der Waals surface area contributed by atoms with Crippen molar-refractivity contribution < 1.29 is 41.1 Å². The van der Waals surface area contributed by atoms with E-state index in [0.29, 0.717) is 69.4 Å². The summed E-state index contributed by atoms with van der Waals surface area (Å²) in [5.41, 5.74) is 0.910. The van der Waals surface area contributed by atoms with Gasteiger partial charge in [0.25, 0.3) is 5.91 Å². The molecule has 3 aromatic rings. The normalized spacial score (nSPS) is 26.2. The maximum absolute atomic E-state index is 15.9. The third kappa shape index (κ3) is 7.20. The van der Waals surface area contributed by atoms with Crippen molar-refractivity contribution in [3.63, 3.8) is 0 Å². The van der Waals surface area contributed by atoms with Gasteiger partial charge in [-0.15, -0.1) is 0 Å². The minimum absolute atomic E-state index is 0.0506. The van der Waals surface area contributed by atoms with Crippen molar-refractivity contribution in [2.45, 2.75) is 63.8 Å². The van der Waals surface area contributed by atoms with Crippen molar-refractivity contribution in [2.75, 3.05) is 49.6 Å². The van der Waals surface area contributed by atoms with E-state index < -0.39 is 27.4 Å². The Morgan fingerprint density at radius 3 is 2.39 bits per heavy atom. The van der Waals surface area contributed by atoms with E-state index in [2.05, 4.69) is 5.32 Å². The van der Waals surface area contributed by atoms with E-state index in [1.54, 1.807) is 31.2 Å². The number of hydrogen-bond acceptors (Lipinski definition) is 10. The Morgan fingerprint density at radius 2 is 1.71 bits per heavy atom. The fraction of sp³-hybridized carbons (Fsp3) is 0.541. The lowest BCUT2D eigenvalue weighted by Crippen LogP contribution is -2.67. The zero-order valence-electron chi connectivity index (χ0n) is 28.6. The number of hydrogen-bond donors (Lipinski definition) is 1. The fourth-order valence-electron chi connectivity index (χ4n) is 8.43. The number of rotatable bonds is 11. The Bertz CT molecular complexity index is 1900. The number of esters is 1. The standard InChI is InChI=1S/C37H43ClFN3O8S/c1-2-48-36(45)23-9-11-27(12-10-23)50-37(41-13-5-6-14-41,42-18-25-21-51(46,47)22-26(25)19-42)34(43)16-24-15-30(38)32(17-31(24)39)40-35(44)29-20-49-33-8-4-3-7-28(29)33/h3-4,7-8,15,17,20,23,25-27H,2,5-6,9-14,16,18-19,21-22H2,1H3,(H,40,44)/t23-,25-,26+,27-,37?. The van der Waals surface area contributed by atoms with Crippen LogP contribution < -0.4 is 5.32 Å². The Labute approximate surface area is 301 Å². The summed E-state index contributed by atoms with van der Waals surface area (Å²) in [5, 5.41) is 3.33. The van der Waals surface area contributed by atoms with Crippen LogP contribution in [0.25, 0.3) is 11.0 Å². The molecule has 0 bridgehead atoms. The zero-order valence-corrected chi connectivity index (χ0v) is 30.1. The average molecular weight is 744 g/mol. The molecule has 14 heteroatoms. The molecule has 4 fully saturated rings. The highest BCUT2D eigenvalue weighted by molar-refractivity contribution is 7.91. The topological polar surface area (TPSA) is 135 Å². The number of anilines is 1. The molecule has 3 aliphatic heterocycles. The SMILES string of the molecule is CCOC(=O)[C@H]1CC[C@H](OC(C(=O)Cc2cc(Cl)c(NC(=O)c3coc4ccccc34)cc2F)(N2CCCC2)N2C[C@@H]3CS(=O)(=O)C[C@@H]3C2)CC1. The highest BCUT2D eigenvalue weighted by Crippen LogP contribution is 2.42. The van der Waals surface area contributed by atoms with Crippen molar-refractivity contribution >= 4 is 55.8 Å². The van der Waals surface area contributed by atoms with Crippen LogP contribution in [0.2, 0.25) is 5.02 Å². The van der Waals surface area contributed by atoms with Crippen LogP contribution in [0.3, 0.4) is 0 Å². The van der Waals surface area contributed by atoms with Crippen molar-refractivity contribution in [3.8, 4) is 0 Å². The molecule has 0 spiro atoms. The second-order valence-corrected chi connectivity index (χ2v) is 16.8. The van der Waals surface area contributed by atoms with Crippen LogP contribution in [0.5, 0.6) is 0 Å². The van der Waals surface area contributed by atoms with Gasteiger partial charge in [-0.2, -0.15) is 0 Å². The average Bonchev–Trinajstić information content (AvgIpc) is 3.90. The van der Waals surface area contributed by atoms with Gasteiger partial charge in [0.2, 0.25) is 5.85 Å². The highest BCUT2D eigenvalue weighted by atomic mass is 35.5. The van der Waals surface area contributed by atoms with Crippen LogP contribution in [-0.4, -0.2) is 92.1 Å². The summed E-state index contributed by atoms with van der Waals surface area (Å²) in [4.78, 5) is 44.6. The first-order valence-electron chi connectivity index (χ1n) is 17.8. The Kier molecular flexibility index (Phi) is 10.3. The number of likely N-dealkylation sites (tertiary alicyclic amines) is 2. The molecule has 274 valence electrons. The lowest BCUT2D eigenvalue weighted by molar-refractivity contribution is -0.253. The molecule has 1 aromatic heterocycles. The summed E-state index contributed by atoms with van der Waals surface area (Å²) in [7, 11) is -3.17. The van der Waals surface area contributed by atoms with Crippen molar-refractivity contribution in [1.29, 1.82) is 0 Å². The zero-order chi connectivity index (χ0) is 35.9. The molecule has 4 heterocycles. The first-order chi connectivity index (χ1) is 24.5. The number of Topliss-reactive ketones (excluding diaryl/α,β-unsaturated/α-hetero) is 1. The number of halogens is 2. The molecule has 3 atom stereocenters. The van der Waals surface area contributed by atoms with E-state index in [9.17, 15) is 22.8 Å². The van der Waals surface area contributed by atoms with Crippen LogP contribution in [0.4, 0.5) is 10.1 Å². The summed E-state index contributed by atoms with van der Waals surface area (Å²) in [6.07, 6.45) is 4.55. The molecule has 1 N–H and O–H groups in total. The number of furan rings is 1. The van der Waals surface area contributed by atoms with Crippen LogP contribution in [0, 0.1) is 23.6 Å². The molecule has 1 aliphatic carbocycles. The van der Waals surface area contributed by atoms with Gasteiger partial charge < -0.3 is 19.2 Å². The van der Waals surface area contributed by atoms with E-state index in [0.717, 1.165) is 18.9 Å². The number of benzene rings is 2. The number of carbonyl (C=O) groups is 3. The van der Waals surface area contributed by atoms with Gasteiger partial charge in [0, 0.05) is 38.0 Å². The Balaban J connectivity index is 1.16. The summed E-state index contributed by atoms with van der Waals surface area (Å²) in [6, 6.07) is 9.54. The molecule has 11 nitrogen and oxygen atoms in total. The van der Waals surface area contributed by atoms with Crippen LogP contribution in [-0.2, 0) is 35.3 Å². The highest BCUT2D eigenvalue weighted by Gasteiger charge is 2.57. The van der Waals surface area contributed by atoms with Crippen molar-refractivity contribution in [1.82, 2.24) is 9.80 Å². The van der Waals surface area contributed by atoms with Gasteiger partial charge in [0.15, 0.2) is 15.6 Å². The number of nitrogens with one attached hydrogen (secondary N) is 1. The predicted molar refractivity (Wildman–Crippen MR) is 188 cm³/mol. The smallest absolute Gasteiger partial charge is 0.308 e. The molecular weight excluding hydrogens is 701 g/mol. The van der Waals surface area contributed by atoms with Crippen molar-refractivity contribution in [2.24, 2.45) is 17.8 Å². The quantitative estimate of drug-likeness (QED) is 0.253. The van der Waals surface area contributed by atoms with E-state index in [4.69, 9.17) is 25.5 Å². The third-order valence-corrected chi connectivity index (χ3v) is 13.1. The number of carbonyl (C=O) groups excluding carboxylic acids is 3. The molecular formula is C37H43ClFN3O8S. The van der Waals surface area contributed by atoms with Gasteiger partial charge in [-0.3, -0.25) is 24.2 Å². The van der Waals surface area contributed by atoms with E-state index in [1.165, 1.54) is 12.3 Å². The van der Waals surface area contributed by atoms with E-state index >= 15 is 4.39 Å².